The van der Waals surface area contributed by atoms with Crippen LogP contribution in [0.3, 0.4) is 0 Å². The van der Waals surface area contributed by atoms with Crippen molar-refractivity contribution in [3.63, 3.8) is 0 Å². The van der Waals surface area contributed by atoms with E-state index in [2.05, 4.69) is 10.6 Å². The first kappa shape index (κ1) is 17.7. The molecular weight excluding hydrogens is 320 g/mol. The van der Waals surface area contributed by atoms with Gasteiger partial charge in [-0.1, -0.05) is 0 Å². The van der Waals surface area contributed by atoms with Gasteiger partial charge in [-0.2, -0.15) is 0 Å². The van der Waals surface area contributed by atoms with E-state index in [0.717, 1.165) is 12.8 Å². The van der Waals surface area contributed by atoms with Gasteiger partial charge in [0, 0.05) is 18.8 Å². The van der Waals surface area contributed by atoms with Crippen LogP contribution in [0.4, 0.5) is 10.5 Å². The van der Waals surface area contributed by atoms with Crippen LogP contribution in [-0.2, 0) is 14.6 Å². The van der Waals surface area contributed by atoms with Crippen LogP contribution in [0.25, 0.3) is 0 Å². The number of nitrogens with one attached hydrogen (secondary N) is 2. The van der Waals surface area contributed by atoms with E-state index < -0.39 is 22.0 Å². The van der Waals surface area contributed by atoms with Crippen LogP contribution in [0.2, 0.25) is 0 Å². The summed E-state index contributed by atoms with van der Waals surface area (Å²) in [6, 6.07) is 5.54. The maximum atomic E-state index is 12.3. The summed E-state index contributed by atoms with van der Waals surface area (Å²) in [5.74, 6) is -0.0192. The van der Waals surface area contributed by atoms with Crippen molar-refractivity contribution in [2.75, 3.05) is 24.2 Å². The summed E-state index contributed by atoms with van der Waals surface area (Å²) < 4.78 is 30.0. The lowest BCUT2D eigenvalue weighted by molar-refractivity contribution is 0.127. The first-order valence-electron chi connectivity index (χ1n) is 7.54. The zero-order valence-corrected chi connectivity index (χ0v) is 13.8. The number of benzene rings is 1. The van der Waals surface area contributed by atoms with Crippen LogP contribution in [-0.4, -0.2) is 50.7 Å². The number of sulfone groups is 1. The summed E-state index contributed by atoms with van der Waals surface area (Å²) in [6.45, 7) is 2.32. The average molecular weight is 342 g/mol. The van der Waals surface area contributed by atoms with Gasteiger partial charge in [-0.15, -0.1) is 0 Å². The van der Waals surface area contributed by atoms with E-state index in [0.29, 0.717) is 12.3 Å². The number of carbonyl (C=O) groups is 1. The molecule has 0 saturated carbocycles. The Morgan fingerprint density at radius 3 is 2.65 bits per heavy atom. The van der Waals surface area contributed by atoms with E-state index in [1.807, 2.05) is 0 Å². The molecule has 2 rings (SSSR count). The third-order valence-electron chi connectivity index (χ3n) is 3.46. The Morgan fingerprint density at radius 2 is 2.09 bits per heavy atom. The van der Waals surface area contributed by atoms with Gasteiger partial charge in [0.2, 0.25) is 0 Å². The molecule has 0 aromatic heterocycles. The van der Waals surface area contributed by atoms with Crippen LogP contribution in [0.1, 0.15) is 19.8 Å². The van der Waals surface area contributed by atoms with E-state index in [9.17, 15) is 13.2 Å². The van der Waals surface area contributed by atoms with Crippen molar-refractivity contribution < 1.29 is 23.1 Å². The normalized spacial score (nSPS) is 19.3. The van der Waals surface area contributed by atoms with Crippen molar-refractivity contribution >= 4 is 21.6 Å². The van der Waals surface area contributed by atoms with Gasteiger partial charge in [0.15, 0.2) is 9.84 Å². The Hall–Kier alpha value is -1.64. The molecule has 1 aromatic carbocycles. The van der Waals surface area contributed by atoms with Crippen LogP contribution < -0.4 is 10.6 Å². The minimum absolute atomic E-state index is 0.0192. The molecule has 1 aliphatic heterocycles. The van der Waals surface area contributed by atoms with Crippen LogP contribution in [0, 0.1) is 0 Å². The van der Waals surface area contributed by atoms with E-state index >= 15 is 0 Å². The smallest absolute Gasteiger partial charge is 0.319 e. The lowest BCUT2D eigenvalue weighted by Gasteiger charge is -2.11. The van der Waals surface area contributed by atoms with Crippen molar-refractivity contribution in [1.82, 2.24) is 5.32 Å². The number of hydrogen-bond donors (Lipinski definition) is 3. The SMILES string of the molecule is C[C@@H](O)CNC(=O)Nc1ccc(S(=O)(=O)C[C@@H]2CCCO2)cc1. The minimum Gasteiger partial charge on any atom is -0.392 e. The summed E-state index contributed by atoms with van der Waals surface area (Å²) in [4.78, 5) is 11.8. The highest BCUT2D eigenvalue weighted by Gasteiger charge is 2.24. The molecule has 1 heterocycles. The highest BCUT2D eigenvalue weighted by atomic mass is 32.2. The Labute approximate surface area is 136 Å². The van der Waals surface area contributed by atoms with E-state index in [1.165, 1.54) is 24.3 Å². The minimum atomic E-state index is -3.40. The van der Waals surface area contributed by atoms with Gasteiger partial charge in [0.05, 0.1) is 22.9 Å². The average Bonchev–Trinajstić information content (AvgIpc) is 2.98. The van der Waals surface area contributed by atoms with Gasteiger partial charge in [-0.25, -0.2) is 13.2 Å². The number of aliphatic hydroxyl groups is 1. The molecular formula is C15H22N2O5S. The molecule has 8 heteroatoms. The van der Waals surface area contributed by atoms with Gasteiger partial charge in [-0.3, -0.25) is 0 Å². The molecule has 0 bridgehead atoms. The van der Waals surface area contributed by atoms with Gasteiger partial charge in [0.1, 0.15) is 0 Å². The predicted molar refractivity (Wildman–Crippen MR) is 86.2 cm³/mol. The molecule has 128 valence electrons. The predicted octanol–water partition coefficient (Wildman–Crippen LogP) is 1.14. The molecule has 0 radical (unpaired) electrons. The number of ether oxygens (including phenoxy) is 1. The quantitative estimate of drug-likeness (QED) is 0.719. The topological polar surface area (TPSA) is 105 Å². The highest BCUT2D eigenvalue weighted by Crippen LogP contribution is 2.20. The van der Waals surface area contributed by atoms with E-state index in [-0.39, 0.29) is 23.3 Å². The Balaban J connectivity index is 1.94. The fraction of sp³-hybridized carbons (Fsp3) is 0.533. The largest absolute Gasteiger partial charge is 0.392 e. The number of aliphatic hydroxyl groups excluding tert-OH is 1. The lowest BCUT2D eigenvalue weighted by Crippen LogP contribution is -2.34. The van der Waals surface area contributed by atoms with Crippen molar-refractivity contribution in [1.29, 1.82) is 0 Å². The number of rotatable bonds is 6. The Bertz CT molecular complexity index is 622. The third-order valence-corrected chi connectivity index (χ3v) is 5.26. The van der Waals surface area contributed by atoms with E-state index in [4.69, 9.17) is 9.84 Å². The second-order valence-corrected chi connectivity index (χ2v) is 7.66. The summed E-state index contributed by atoms with van der Waals surface area (Å²) in [5.41, 5.74) is 0.476. The molecule has 3 N–H and O–H groups in total. The van der Waals surface area contributed by atoms with Gasteiger partial charge in [-0.05, 0) is 44.0 Å². The van der Waals surface area contributed by atoms with Crippen molar-refractivity contribution in [3.05, 3.63) is 24.3 Å². The lowest BCUT2D eigenvalue weighted by atomic mass is 10.3. The monoisotopic (exact) mass is 342 g/mol. The molecule has 1 aromatic rings. The molecule has 0 aliphatic carbocycles. The first-order valence-corrected chi connectivity index (χ1v) is 9.19. The fourth-order valence-corrected chi connectivity index (χ4v) is 3.77. The summed E-state index contributed by atoms with van der Waals surface area (Å²) >= 11 is 0. The third kappa shape index (κ3) is 5.49. The van der Waals surface area contributed by atoms with E-state index in [1.54, 1.807) is 6.92 Å². The number of hydrogen-bond acceptors (Lipinski definition) is 5. The van der Waals surface area contributed by atoms with Crippen LogP contribution in [0.15, 0.2) is 29.2 Å². The fourth-order valence-electron chi connectivity index (χ4n) is 2.28. The summed E-state index contributed by atoms with van der Waals surface area (Å²) in [6.07, 6.45) is 0.794. The van der Waals surface area contributed by atoms with Gasteiger partial charge >= 0.3 is 6.03 Å². The number of urea groups is 1. The zero-order valence-electron chi connectivity index (χ0n) is 13.0. The van der Waals surface area contributed by atoms with Crippen molar-refractivity contribution in [2.45, 2.75) is 36.9 Å². The van der Waals surface area contributed by atoms with Crippen molar-refractivity contribution in [3.8, 4) is 0 Å². The standard InChI is InChI=1S/C15H22N2O5S/c1-11(18)9-16-15(19)17-12-4-6-14(7-5-12)23(20,21)10-13-3-2-8-22-13/h4-7,11,13,18H,2-3,8-10H2,1H3,(H2,16,17,19)/t11-,13+/m1/s1. The summed E-state index contributed by atoms with van der Waals surface area (Å²) in [5, 5.41) is 14.1. The molecule has 2 atom stereocenters. The first-order chi connectivity index (χ1) is 10.9. The molecule has 0 unspecified atom stereocenters. The van der Waals surface area contributed by atoms with Crippen LogP contribution >= 0.6 is 0 Å². The zero-order chi connectivity index (χ0) is 16.9. The Morgan fingerprint density at radius 1 is 1.39 bits per heavy atom. The highest BCUT2D eigenvalue weighted by molar-refractivity contribution is 7.91. The molecule has 2 amide bonds. The van der Waals surface area contributed by atoms with Crippen molar-refractivity contribution in [2.24, 2.45) is 0 Å². The maximum Gasteiger partial charge on any atom is 0.319 e. The molecule has 0 spiro atoms. The summed E-state index contributed by atoms with van der Waals surface area (Å²) in [7, 11) is -3.40. The Kier molecular flexibility index (Phi) is 5.97. The molecule has 23 heavy (non-hydrogen) atoms. The number of anilines is 1. The number of carbonyl (C=O) groups excluding carboxylic acids is 1. The molecule has 1 saturated heterocycles. The second kappa shape index (κ2) is 7.76. The maximum absolute atomic E-state index is 12.3. The molecule has 7 nitrogen and oxygen atoms in total. The molecule has 1 fully saturated rings. The van der Waals surface area contributed by atoms with Crippen LogP contribution in [0.5, 0.6) is 0 Å². The van der Waals surface area contributed by atoms with Gasteiger partial charge in [0.25, 0.3) is 0 Å². The molecule has 1 aliphatic rings. The number of amides is 2. The van der Waals surface area contributed by atoms with Gasteiger partial charge < -0.3 is 20.5 Å². The second-order valence-electron chi connectivity index (χ2n) is 5.62.